The van der Waals surface area contributed by atoms with Crippen molar-refractivity contribution in [2.75, 3.05) is 0 Å². The summed E-state index contributed by atoms with van der Waals surface area (Å²) in [5.74, 6) is 0.798. The maximum atomic E-state index is 2.39. The summed E-state index contributed by atoms with van der Waals surface area (Å²) in [6.45, 7) is 4.51. The van der Waals surface area contributed by atoms with Gasteiger partial charge >= 0.3 is 0 Å². The van der Waals surface area contributed by atoms with Gasteiger partial charge in [0.2, 0.25) is 0 Å². The molecule has 0 radical (unpaired) electrons. The van der Waals surface area contributed by atoms with Gasteiger partial charge in [-0.1, -0.05) is 37.3 Å². The Balaban J connectivity index is 2.69. The summed E-state index contributed by atoms with van der Waals surface area (Å²) >= 11 is 0. The number of rotatable bonds is 0. The van der Waals surface area contributed by atoms with Crippen molar-refractivity contribution < 1.29 is 0 Å². The monoisotopic (exact) mass is 172 g/mol. The predicted molar refractivity (Wildman–Crippen MR) is 57.8 cm³/mol. The average molecular weight is 172 g/mol. The van der Waals surface area contributed by atoms with Crippen molar-refractivity contribution in [2.24, 2.45) is 5.92 Å². The molecule has 2 rings (SSSR count). The predicted octanol–water partition coefficient (Wildman–Crippen LogP) is 1.99. The highest BCUT2D eigenvalue weighted by Crippen LogP contribution is 2.10. The summed E-state index contributed by atoms with van der Waals surface area (Å²) in [6.07, 6.45) is 7.19. The van der Waals surface area contributed by atoms with Crippen LogP contribution in [0.2, 0.25) is 0 Å². The molecule has 0 spiro atoms. The van der Waals surface area contributed by atoms with Gasteiger partial charge in [0.25, 0.3) is 0 Å². The highest BCUT2D eigenvalue weighted by Gasteiger charge is 2.01. The number of aryl methyl sites for hydroxylation is 1. The van der Waals surface area contributed by atoms with Crippen LogP contribution in [0.5, 0.6) is 0 Å². The highest BCUT2D eigenvalue weighted by atomic mass is 14.1. The molecule has 1 unspecified atom stereocenters. The van der Waals surface area contributed by atoms with Gasteiger partial charge in [0.05, 0.1) is 0 Å². The van der Waals surface area contributed by atoms with E-state index in [4.69, 9.17) is 0 Å². The maximum Gasteiger partial charge on any atom is -0.0198 e. The lowest BCUT2D eigenvalue weighted by Gasteiger charge is -2.00. The minimum Gasteiger partial charge on any atom is -0.0764 e. The Kier molecular flexibility index (Phi) is 2.22. The molecule has 0 N–H and O–H groups in total. The van der Waals surface area contributed by atoms with Crippen LogP contribution in [0.15, 0.2) is 18.2 Å². The van der Waals surface area contributed by atoms with Crippen LogP contribution in [0.1, 0.15) is 25.3 Å². The van der Waals surface area contributed by atoms with Crippen LogP contribution < -0.4 is 10.4 Å². The first-order valence-electron chi connectivity index (χ1n) is 5.03. The molecule has 0 fully saturated rings. The number of hydrogen-bond donors (Lipinski definition) is 0. The molecule has 0 nitrogen and oxygen atoms in total. The molecule has 1 aliphatic carbocycles. The minimum absolute atomic E-state index is 0.798. The zero-order chi connectivity index (χ0) is 9.26. The van der Waals surface area contributed by atoms with Crippen LogP contribution in [0.25, 0.3) is 12.2 Å². The molecule has 0 aromatic heterocycles. The Labute approximate surface area is 79.6 Å². The van der Waals surface area contributed by atoms with Crippen molar-refractivity contribution in [1.82, 2.24) is 0 Å². The Hall–Kier alpha value is -1.04. The molecule has 68 valence electrons. The largest absolute Gasteiger partial charge is 0.0764 e. The molecule has 1 aliphatic rings. The van der Waals surface area contributed by atoms with Gasteiger partial charge in [-0.15, -0.1) is 0 Å². The van der Waals surface area contributed by atoms with Crippen LogP contribution in [-0.4, -0.2) is 0 Å². The molecule has 0 bridgehead atoms. The number of fused-ring (bicyclic) bond motifs is 1. The maximum absolute atomic E-state index is 2.39. The summed E-state index contributed by atoms with van der Waals surface area (Å²) in [5, 5.41) is 2.87. The lowest BCUT2D eigenvalue weighted by molar-refractivity contribution is 0.636. The molecule has 0 saturated heterocycles. The van der Waals surface area contributed by atoms with Gasteiger partial charge < -0.3 is 0 Å². The van der Waals surface area contributed by atoms with Gasteiger partial charge in [0.1, 0.15) is 0 Å². The second-order valence-corrected chi connectivity index (χ2v) is 4.06. The SMILES string of the molecule is Cc1cccc2c1=CCC(C)CC=2. The summed E-state index contributed by atoms with van der Waals surface area (Å²) in [5.41, 5.74) is 1.41. The first-order valence-corrected chi connectivity index (χ1v) is 5.03. The fourth-order valence-corrected chi connectivity index (χ4v) is 1.90. The first-order chi connectivity index (χ1) is 6.27. The van der Waals surface area contributed by atoms with E-state index in [1.165, 1.54) is 28.8 Å². The lowest BCUT2D eigenvalue weighted by Crippen LogP contribution is -2.25. The van der Waals surface area contributed by atoms with E-state index in [0.29, 0.717) is 0 Å². The third-order valence-electron chi connectivity index (χ3n) is 2.82. The third kappa shape index (κ3) is 1.67. The summed E-state index contributed by atoms with van der Waals surface area (Å²) in [6, 6.07) is 6.56. The first kappa shape index (κ1) is 8.55. The van der Waals surface area contributed by atoms with Crippen LogP contribution in [0, 0.1) is 12.8 Å². The topological polar surface area (TPSA) is 0 Å². The molecule has 0 heteroatoms. The van der Waals surface area contributed by atoms with E-state index in [-0.39, 0.29) is 0 Å². The molecular weight excluding hydrogens is 156 g/mol. The Morgan fingerprint density at radius 2 is 1.92 bits per heavy atom. The Morgan fingerprint density at radius 1 is 1.15 bits per heavy atom. The summed E-state index contributed by atoms with van der Waals surface area (Å²) in [4.78, 5) is 0. The molecule has 0 saturated carbocycles. The van der Waals surface area contributed by atoms with Gasteiger partial charge in [0, 0.05) is 0 Å². The Morgan fingerprint density at radius 3 is 2.77 bits per heavy atom. The second-order valence-electron chi connectivity index (χ2n) is 4.06. The van der Waals surface area contributed by atoms with E-state index in [1.54, 1.807) is 0 Å². The van der Waals surface area contributed by atoms with E-state index >= 15 is 0 Å². The minimum atomic E-state index is 0.798. The van der Waals surface area contributed by atoms with Crippen molar-refractivity contribution in [1.29, 1.82) is 0 Å². The number of benzene rings is 1. The number of hydrogen-bond acceptors (Lipinski definition) is 0. The van der Waals surface area contributed by atoms with Gasteiger partial charge in [-0.2, -0.15) is 0 Å². The van der Waals surface area contributed by atoms with Crippen molar-refractivity contribution in [3.8, 4) is 0 Å². The quantitative estimate of drug-likeness (QED) is 0.561. The van der Waals surface area contributed by atoms with Gasteiger partial charge in [0.15, 0.2) is 0 Å². The van der Waals surface area contributed by atoms with Crippen LogP contribution in [0.3, 0.4) is 0 Å². The fraction of sp³-hybridized carbons (Fsp3) is 0.385. The van der Waals surface area contributed by atoms with Gasteiger partial charge in [-0.05, 0) is 41.7 Å². The summed E-state index contributed by atoms with van der Waals surface area (Å²) < 4.78 is 0. The third-order valence-corrected chi connectivity index (χ3v) is 2.82. The van der Waals surface area contributed by atoms with Crippen LogP contribution in [-0.2, 0) is 0 Å². The van der Waals surface area contributed by atoms with Gasteiger partial charge in [-0.3, -0.25) is 0 Å². The molecule has 1 aromatic carbocycles. The molecule has 0 amide bonds. The van der Waals surface area contributed by atoms with Crippen LogP contribution >= 0.6 is 0 Å². The molecule has 13 heavy (non-hydrogen) atoms. The summed E-state index contributed by atoms with van der Waals surface area (Å²) in [7, 11) is 0. The smallest absolute Gasteiger partial charge is 0.0198 e. The van der Waals surface area contributed by atoms with Crippen molar-refractivity contribution >= 4 is 12.2 Å². The lowest BCUT2D eigenvalue weighted by atomic mass is 10.1. The van der Waals surface area contributed by atoms with E-state index in [9.17, 15) is 0 Å². The zero-order valence-corrected chi connectivity index (χ0v) is 8.38. The van der Waals surface area contributed by atoms with Crippen molar-refractivity contribution in [3.05, 3.63) is 34.2 Å². The molecule has 0 heterocycles. The van der Waals surface area contributed by atoms with E-state index in [2.05, 4.69) is 44.2 Å². The molecule has 0 aliphatic heterocycles. The normalized spacial score (nSPS) is 20.9. The Bertz CT molecular complexity index is 412. The van der Waals surface area contributed by atoms with Crippen molar-refractivity contribution in [3.63, 3.8) is 0 Å². The van der Waals surface area contributed by atoms with Crippen LogP contribution in [0.4, 0.5) is 0 Å². The molecular formula is C13H16. The fourth-order valence-electron chi connectivity index (χ4n) is 1.90. The molecule has 1 aromatic rings. The standard InChI is InChI=1S/C13H16/c1-10-6-8-12-5-3-4-11(2)13(12)9-7-10/h3-5,8-10H,6-7H2,1-2H3. The highest BCUT2D eigenvalue weighted by molar-refractivity contribution is 5.38. The van der Waals surface area contributed by atoms with E-state index < -0.39 is 0 Å². The van der Waals surface area contributed by atoms with Gasteiger partial charge in [-0.25, -0.2) is 0 Å². The van der Waals surface area contributed by atoms with E-state index in [1.807, 2.05) is 0 Å². The zero-order valence-electron chi connectivity index (χ0n) is 8.38. The van der Waals surface area contributed by atoms with Crippen molar-refractivity contribution in [2.45, 2.75) is 26.7 Å². The molecule has 1 atom stereocenters. The second kappa shape index (κ2) is 3.37. The average Bonchev–Trinajstić information content (AvgIpc) is 2.30. The van der Waals surface area contributed by atoms with E-state index in [0.717, 1.165) is 5.92 Å².